The summed E-state index contributed by atoms with van der Waals surface area (Å²) in [4.78, 5) is 16.2. The minimum atomic E-state index is -0.267. The van der Waals surface area contributed by atoms with Gasteiger partial charge in [-0.3, -0.25) is 4.79 Å². The summed E-state index contributed by atoms with van der Waals surface area (Å²) in [5.41, 5.74) is 2.52. The number of carbonyl (C=O) groups excluding carboxylic acids is 1. The van der Waals surface area contributed by atoms with Gasteiger partial charge in [0.2, 0.25) is 5.91 Å². The summed E-state index contributed by atoms with van der Waals surface area (Å²) in [6.45, 7) is 0.481. The van der Waals surface area contributed by atoms with Gasteiger partial charge in [-0.2, -0.15) is 0 Å². The second kappa shape index (κ2) is 7.05. The van der Waals surface area contributed by atoms with Crippen LogP contribution in [-0.2, 0) is 17.6 Å². The number of oxazole rings is 1. The minimum Gasteiger partial charge on any atom is -0.441 e. The Hall–Kier alpha value is -2.69. The smallest absolute Gasteiger partial charge is 0.220 e. The molecule has 5 heteroatoms. The Morgan fingerprint density at radius 1 is 1.09 bits per heavy atom. The van der Waals surface area contributed by atoms with Gasteiger partial charge in [-0.1, -0.05) is 24.3 Å². The zero-order valence-electron chi connectivity index (χ0n) is 12.6. The third-order valence-electron chi connectivity index (χ3n) is 3.55. The number of nitrogens with zero attached hydrogens (tertiary/aromatic N) is 1. The van der Waals surface area contributed by atoms with Gasteiger partial charge in [0.1, 0.15) is 11.3 Å². The molecule has 0 aliphatic rings. The van der Waals surface area contributed by atoms with Crippen molar-refractivity contribution in [2.45, 2.75) is 19.3 Å². The van der Waals surface area contributed by atoms with Gasteiger partial charge >= 0.3 is 0 Å². The van der Waals surface area contributed by atoms with E-state index in [2.05, 4.69) is 10.3 Å². The molecular formula is C18H17FN2O2. The molecule has 0 unspecified atom stereocenters. The molecule has 1 amide bonds. The van der Waals surface area contributed by atoms with E-state index in [9.17, 15) is 9.18 Å². The van der Waals surface area contributed by atoms with Crippen LogP contribution in [-0.4, -0.2) is 17.4 Å². The first-order valence-electron chi connectivity index (χ1n) is 7.56. The van der Waals surface area contributed by atoms with Crippen molar-refractivity contribution >= 4 is 17.0 Å². The zero-order valence-corrected chi connectivity index (χ0v) is 12.6. The maximum atomic E-state index is 12.8. The lowest BCUT2D eigenvalue weighted by Gasteiger charge is -2.04. The van der Waals surface area contributed by atoms with E-state index in [1.54, 1.807) is 12.1 Å². The Labute approximate surface area is 133 Å². The summed E-state index contributed by atoms with van der Waals surface area (Å²) < 4.78 is 18.4. The third kappa shape index (κ3) is 4.16. The molecule has 0 atom stereocenters. The summed E-state index contributed by atoms with van der Waals surface area (Å²) >= 11 is 0. The van der Waals surface area contributed by atoms with Crippen molar-refractivity contribution in [1.82, 2.24) is 10.3 Å². The number of nitrogens with one attached hydrogen (secondary N) is 1. The van der Waals surface area contributed by atoms with E-state index in [-0.39, 0.29) is 11.7 Å². The average molecular weight is 312 g/mol. The highest BCUT2D eigenvalue weighted by Crippen LogP contribution is 2.14. The van der Waals surface area contributed by atoms with Crippen molar-refractivity contribution in [3.8, 4) is 0 Å². The van der Waals surface area contributed by atoms with Gasteiger partial charge in [-0.05, 0) is 36.2 Å². The van der Waals surface area contributed by atoms with Gasteiger partial charge in [0.25, 0.3) is 0 Å². The van der Waals surface area contributed by atoms with Crippen molar-refractivity contribution in [2.75, 3.05) is 6.54 Å². The number of amides is 1. The lowest BCUT2D eigenvalue weighted by molar-refractivity contribution is -0.121. The van der Waals surface area contributed by atoms with Crippen LogP contribution < -0.4 is 5.32 Å². The SMILES string of the molecule is O=C(CCc1ccc(F)cc1)NCCc1nc2ccccc2o1. The van der Waals surface area contributed by atoms with Gasteiger partial charge in [0, 0.05) is 19.4 Å². The van der Waals surface area contributed by atoms with Gasteiger partial charge in [0.05, 0.1) is 0 Å². The van der Waals surface area contributed by atoms with E-state index in [1.807, 2.05) is 24.3 Å². The first kappa shape index (κ1) is 15.2. The highest BCUT2D eigenvalue weighted by molar-refractivity contribution is 5.76. The first-order valence-corrected chi connectivity index (χ1v) is 7.56. The lowest BCUT2D eigenvalue weighted by Crippen LogP contribution is -2.25. The second-order valence-electron chi connectivity index (χ2n) is 5.30. The Bertz CT molecular complexity index is 763. The fraction of sp³-hybridized carbons (Fsp3) is 0.222. The Balaban J connectivity index is 1.43. The molecular weight excluding hydrogens is 295 g/mol. The summed E-state index contributed by atoms with van der Waals surface area (Å²) in [5.74, 6) is 0.312. The zero-order chi connectivity index (χ0) is 16.1. The normalized spacial score (nSPS) is 10.8. The number of benzene rings is 2. The van der Waals surface area contributed by atoms with Gasteiger partial charge in [-0.15, -0.1) is 0 Å². The van der Waals surface area contributed by atoms with E-state index in [4.69, 9.17) is 4.42 Å². The van der Waals surface area contributed by atoms with Crippen molar-refractivity contribution in [3.63, 3.8) is 0 Å². The molecule has 0 bridgehead atoms. The summed E-state index contributed by atoms with van der Waals surface area (Å²) in [6.07, 6.45) is 1.52. The quantitative estimate of drug-likeness (QED) is 0.760. The molecule has 0 aliphatic carbocycles. The predicted octanol–water partition coefficient (Wildman–Crippen LogP) is 3.26. The molecule has 3 aromatic rings. The molecule has 2 aromatic carbocycles. The first-order chi connectivity index (χ1) is 11.2. The molecule has 1 N–H and O–H groups in total. The summed E-state index contributed by atoms with van der Waals surface area (Å²) in [7, 11) is 0. The van der Waals surface area contributed by atoms with Crippen LogP contribution in [0.1, 0.15) is 17.9 Å². The largest absolute Gasteiger partial charge is 0.441 e. The van der Waals surface area contributed by atoms with Crippen LogP contribution >= 0.6 is 0 Å². The highest BCUT2D eigenvalue weighted by Gasteiger charge is 2.06. The summed E-state index contributed by atoms with van der Waals surface area (Å²) in [6, 6.07) is 13.8. The maximum Gasteiger partial charge on any atom is 0.220 e. The predicted molar refractivity (Wildman–Crippen MR) is 85.4 cm³/mol. The molecule has 1 aromatic heterocycles. The maximum absolute atomic E-state index is 12.8. The molecule has 0 aliphatic heterocycles. The molecule has 0 saturated heterocycles. The van der Waals surface area contributed by atoms with E-state index in [0.29, 0.717) is 31.7 Å². The minimum absolute atomic E-state index is 0.0366. The molecule has 4 nitrogen and oxygen atoms in total. The topological polar surface area (TPSA) is 55.1 Å². The number of fused-ring (bicyclic) bond motifs is 1. The van der Waals surface area contributed by atoms with Crippen LogP contribution in [0.2, 0.25) is 0 Å². The second-order valence-corrected chi connectivity index (χ2v) is 5.30. The van der Waals surface area contributed by atoms with E-state index in [0.717, 1.165) is 16.7 Å². The number of aromatic nitrogens is 1. The number of carbonyl (C=O) groups is 1. The van der Waals surface area contributed by atoms with Gasteiger partial charge in [-0.25, -0.2) is 9.37 Å². The highest BCUT2D eigenvalue weighted by atomic mass is 19.1. The molecule has 0 saturated carbocycles. The number of hydrogen-bond acceptors (Lipinski definition) is 3. The third-order valence-corrected chi connectivity index (χ3v) is 3.55. The average Bonchev–Trinajstić information content (AvgIpc) is 2.97. The fourth-order valence-corrected chi connectivity index (χ4v) is 2.33. The standard InChI is InChI=1S/C18H17FN2O2/c19-14-8-5-13(6-9-14)7-10-17(22)20-12-11-18-21-15-3-1-2-4-16(15)23-18/h1-6,8-9H,7,10-12H2,(H,20,22). The molecule has 23 heavy (non-hydrogen) atoms. The van der Waals surface area contributed by atoms with Gasteiger partial charge < -0.3 is 9.73 Å². The molecule has 3 rings (SSSR count). The molecule has 0 fully saturated rings. The molecule has 0 radical (unpaired) electrons. The van der Waals surface area contributed by atoms with Crippen LogP contribution in [0.3, 0.4) is 0 Å². The fourth-order valence-electron chi connectivity index (χ4n) is 2.33. The number of rotatable bonds is 6. The van der Waals surface area contributed by atoms with E-state index in [1.165, 1.54) is 12.1 Å². The molecule has 1 heterocycles. The van der Waals surface area contributed by atoms with Crippen LogP contribution in [0.5, 0.6) is 0 Å². The van der Waals surface area contributed by atoms with Crippen molar-refractivity contribution in [3.05, 3.63) is 65.8 Å². The van der Waals surface area contributed by atoms with Crippen LogP contribution in [0.4, 0.5) is 4.39 Å². The summed E-state index contributed by atoms with van der Waals surface area (Å²) in [5, 5.41) is 2.84. The van der Waals surface area contributed by atoms with Crippen LogP contribution in [0.25, 0.3) is 11.1 Å². The van der Waals surface area contributed by atoms with Crippen LogP contribution in [0, 0.1) is 5.82 Å². The molecule has 118 valence electrons. The van der Waals surface area contributed by atoms with Crippen LogP contribution in [0.15, 0.2) is 52.9 Å². The van der Waals surface area contributed by atoms with E-state index >= 15 is 0 Å². The monoisotopic (exact) mass is 312 g/mol. The van der Waals surface area contributed by atoms with Crippen molar-refractivity contribution < 1.29 is 13.6 Å². The Morgan fingerprint density at radius 2 is 1.87 bits per heavy atom. The Morgan fingerprint density at radius 3 is 2.65 bits per heavy atom. The lowest BCUT2D eigenvalue weighted by atomic mass is 10.1. The number of aryl methyl sites for hydroxylation is 1. The number of halogens is 1. The molecule has 0 spiro atoms. The van der Waals surface area contributed by atoms with Gasteiger partial charge in [0.15, 0.2) is 11.5 Å². The number of para-hydroxylation sites is 2. The van der Waals surface area contributed by atoms with E-state index < -0.39 is 0 Å². The number of hydrogen-bond donors (Lipinski definition) is 1. The Kier molecular flexibility index (Phi) is 4.66. The van der Waals surface area contributed by atoms with Crippen molar-refractivity contribution in [1.29, 1.82) is 0 Å². The van der Waals surface area contributed by atoms with Crippen molar-refractivity contribution in [2.24, 2.45) is 0 Å².